The number of Topliss-reactive ketones (excluding diaryl/α,β-unsaturated/α-hetero) is 1. The molecule has 1 aliphatic heterocycles. The van der Waals surface area contributed by atoms with Gasteiger partial charge in [-0.3, -0.25) is 14.5 Å². The first kappa shape index (κ1) is 22.1. The van der Waals surface area contributed by atoms with E-state index in [1.54, 1.807) is 41.3 Å². The average molecular weight is 468 g/mol. The zero-order chi connectivity index (χ0) is 23.7. The minimum absolute atomic E-state index is 0.333. The predicted molar refractivity (Wildman–Crippen MR) is 133 cm³/mol. The molecule has 4 aromatic rings. The molecule has 1 unspecified atom stereocenters. The minimum atomic E-state index is -1.98. The van der Waals surface area contributed by atoms with Gasteiger partial charge in [-0.15, -0.1) is 0 Å². The molecule has 0 aromatic heterocycles. The summed E-state index contributed by atoms with van der Waals surface area (Å²) in [6.45, 7) is 0. The van der Waals surface area contributed by atoms with Gasteiger partial charge in [0.15, 0.2) is 11.4 Å². The quantitative estimate of drug-likeness (QED) is 0.357. The van der Waals surface area contributed by atoms with Crippen LogP contribution in [0.15, 0.2) is 109 Å². The summed E-state index contributed by atoms with van der Waals surface area (Å²) in [5.41, 5.74) is 1.25. The molecule has 0 saturated heterocycles. The van der Waals surface area contributed by atoms with Crippen LogP contribution in [0.4, 0.5) is 5.69 Å². The summed E-state index contributed by atoms with van der Waals surface area (Å²) in [5.74, 6) is -0.853. The van der Waals surface area contributed by atoms with E-state index >= 15 is 0 Å². The Bertz CT molecular complexity index is 1300. The Morgan fingerprint density at radius 3 is 1.91 bits per heavy atom. The van der Waals surface area contributed by atoms with Crippen molar-refractivity contribution in [1.29, 1.82) is 0 Å². The molecule has 4 aromatic carbocycles. The number of fused-ring (bicyclic) bond motifs is 1. The van der Waals surface area contributed by atoms with Crippen LogP contribution in [-0.4, -0.2) is 16.8 Å². The number of carbonyl (C=O) groups excluding carboxylic acids is 2. The predicted octanol–water partition coefficient (Wildman–Crippen LogP) is 5.94. The van der Waals surface area contributed by atoms with E-state index in [4.69, 9.17) is 11.6 Å². The van der Waals surface area contributed by atoms with Crippen LogP contribution in [-0.2, 0) is 10.4 Å². The van der Waals surface area contributed by atoms with Crippen molar-refractivity contribution in [1.82, 2.24) is 0 Å². The molecule has 0 bridgehead atoms. The number of amides is 1. The summed E-state index contributed by atoms with van der Waals surface area (Å²) in [7, 11) is 0. The fourth-order valence-electron chi connectivity index (χ4n) is 4.62. The lowest BCUT2D eigenvalue weighted by Crippen LogP contribution is -2.43. The maximum Gasteiger partial charge on any atom is 0.265 e. The number of rotatable bonds is 6. The highest BCUT2D eigenvalue weighted by Gasteiger charge is 2.53. The van der Waals surface area contributed by atoms with Crippen LogP contribution >= 0.6 is 11.6 Å². The lowest BCUT2D eigenvalue weighted by molar-refractivity contribution is -0.136. The third kappa shape index (κ3) is 3.81. The standard InChI is InChI=1S/C29H22ClNO3/c30-23-17-15-20(16-18-23)26(32)19-29(34)24-13-7-8-14-25(24)31(28(29)33)27(21-9-3-1-4-10-21)22-11-5-2-6-12-22/h1-18,27,34H,19H2. The molecule has 0 spiro atoms. The highest BCUT2D eigenvalue weighted by Crippen LogP contribution is 2.48. The Morgan fingerprint density at radius 1 is 0.794 bits per heavy atom. The van der Waals surface area contributed by atoms with Crippen LogP contribution in [0.5, 0.6) is 0 Å². The van der Waals surface area contributed by atoms with Gasteiger partial charge < -0.3 is 5.11 Å². The van der Waals surface area contributed by atoms with E-state index in [0.29, 0.717) is 21.8 Å². The Balaban J connectivity index is 1.61. The van der Waals surface area contributed by atoms with Crippen molar-refractivity contribution in [3.05, 3.63) is 136 Å². The lowest BCUT2D eigenvalue weighted by Gasteiger charge is -2.31. The van der Waals surface area contributed by atoms with Crippen molar-refractivity contribution in [2.24, 2.45) is 0 Å². The fourth-order valence-corrected chi connectivity index (χ4v) is 4.74. The molecule has 4 nitrogen and oxygen atoms in total. The monoisotopic (exact) mass is 467 g/mol. The van der Waals surface area contributed by atoms with Gasteiger partial charge in [-0.2, -0.15) is 0 Å². The van der Waals surface area contributed by atoms with Crippen molar-refractivity contribution in [2.45, 2.75) is 18.1 Å². The first-order valence-electron chi connectivity index (χ1n) is 11.0. The van der Waals surface area contributed by atoms with Gasteiger partial charge in [0.1, 0.15) is 0 Å². The molecule has 0 fully saturated rings. The van der Waals surface area contributed by atoms with Crippen LogP contribution in [0.3, 0.4) is 0 Å². The first-order chi connectivity index (χ1) is 16.5. The van der Waals surface area contributed by atoms with Gasteiger partial charge in [0, 0.05) is 16.1 Å². The van der Waals surface area contributed by atoms with Gasteiger partial charge >= 0.3 is 0 Å². The number of hydrogen-bond acceptors (Lipinski definition) is 3. The third-order valence-corrected chi connectivity index (χ3v) is 6.51. The van der Waals surface area contributed by atoms with E-state index in [1.165, 1.54) is 0 Å². The molecule has 1 N–H and O–H groups in total. The lowest BCUT2D eigenvalue weighted by atomic mass is 9.88. The van der Waals surface area contributed by atoms with E-state index in [1.807, 2.05) is 72.8 Å². The zero-order valence-electron chi connectivity index (χ0n) is 18.3. The van der Waals surface area contributed by atoms with E-state index in [-0.39, 0.29) is 12.2 Å². The van der Waals surface area contributed by atoms with Gasteiger partial charge in [-0.25, -0.2) is 0 Å². The summed E-state index contributed by atoms with van der Waals surface area (Å²) >= 11 is 5.95. The number of benzene rings is 4. The van der Waals surface area contributed by atoms with Crippen LogP contribution in [0.2, 0.25) is 5.02 Å². The van der Waals surface area contributed by atoms with Gasteiger partial charge in [-0.1, -0.05) is 90.5 Å². The van der Waals surface area contributed by atoms with E-state index in [9.17, 15) is 14.7 Å². The summed E-state index contributed by atoms with van der Waals surface area (Å²) in [5, 5.41) is 12.3. The number of nitrogens with zero attached hydrogens (tertiary/aromatic N) is 1. The Morgan fingerprint density at radius 2 is 1.32 bits per heavy atom. The summed E-state index contributed by atoms with van der Waals surface area (Å²) in [6, 6.07) is 32.5. The average Bonchev–Trinajstić information content (AvgIpc) is 3.08. The molecule has 168 valence electrons. The highest BCUT2D eigenvalue weighted by atomic mass is 35.5. The van der Waals surface area contributed by atoms with Crippen LogP contribution < -0.4 is 4.90 Å². The first-order valence-corrected chi connectivity index (χ1v) is 11.4. The third-order valence-electron chi connectivity index (χ3n) is 6.25. The second-order valence-corrected chi connectivity index (χ2v) is 8.82. The van der Waals surface area contributed by atoms with Crippen molar-refractivity contribution >= 4 is 29.0 Å². The van der Waals surface area contributed by atoms with Crippen LogP contribution in [0.25, 0.3) is 0 Å². The largest absolute Gasteiger partial charge is 0.375 e. The molecule has 1 atom stereocenters. The number of anilines is 1. The molecule has 0 saturated carbocycles. The SMILES string of the molecule is O=C(CC1(O)C(=O)N(C(c2ccccc2)c2ccccc2)c2ccccc21)c1ccc(Cl)cc1. The number of hydrogen-bond donors (Lipinski definition) is 1. The van der Waals surface area contributed by atoms with Crippen LogP contribution in [0.1, 0.15) is 39.5 Å². The molecule has 5 heteroatoms. The second-order valence-electron chi connectivity index (χ2n) is 8.38. The maximum absolute atomic E-state index is 14.0. The van der Waals surface area contributed by atoms with Crippen molar-refractivity contribution < 1.29 is 14.7 Å². The molecular formula is C29H22ClNO3. The van der Waals surface area contributed by atoms with Gasteiger partial charge in [0.2, 0.25) is 0 Å². The second kappa shape index (κ2) is 8.90. The fraction of sp³-hybridized carbons (Fsp3) is 0.103. The number of ketones is 1. The number of carbonyl (C=O) groups is 2. The highest BCUT2D eigenvalue weighted by molar-refractivity contribution is 6.30. The van der Waals surface area contributed by atoms with Crippen LogP contribution in [0, 0.1) is 0 Å². The topological polar surface area (TPSA) is 57.6 Å². The Labute approximate surface area is 203 Å². The Kier molecular flexibility index (Phi) is 5.78. The molecule has 1 amide bonds. The summed E-state index contributed by atoms with van der Waals surface area (Å²) in [6.07, 6.45) is -0.364. The van der Waals surface area contributed by atoms with Crippen molar-refractivity contribution in [2.75, 3.05) is 4.90 Å². The van der Waals surface area contributed by atoms with Gasteiger partial charge in [0.25, 0.3) is 5.91 Å². The van der Waals surface area contributed by atoms with E-state index in [2.05, 4.69) is 0 Å². The van der Waals surface area contributed by atoms with E-state index < -0.39 is 17.6 Å². The van der Waals surface area contributed by atoms with Gasteiger partial charge in [-0.05, 0) is 41.5 Å². The number of halogens is 1. The molecule has 34 heavy (non-hydrogen) atoms. The zero-order valence-corrected chi connectivity index (χ0v) is 19.0. The molecular weight excluding hydrogens is 446 g/mol. The molecule has 1 aliphatic rings. The van der Waals surface area contributed by atoms with Gasteiger partial charge in [0.05, 0.1) is 18.2 Å². The van der Waals surface area contributed by atoms with E-state index in [0.717, 1.165) is 11.1 Å². The van der Waals surface area contributed by atoms with Crippen molar-refractivity contribution in [3.63, 3.8) is 0 Å². The summed E-state index contributed by atoms with van der Waals surface area (Å²) < 4.78 is 0. The molecule has 5 rings (SSSR count). The molecule has 1 heterocycles. The smallest absolute Gasteiger partial charge is 0.265 e. The molecule has 0 aliphatic carbocycles. The normalized spacial score (nSPS) is 17.1. The maximum atomic E-state index is 14.0. The minimum Gasteiger partial charge on any atom is -0.375 e. The van der Waals surface area contributed by atoms with Crippen molar-refractivity contribution in [3.8, 4) is 0 Å². The number of aliphatic hydroxyl groups is 1. The Hall–Kier alpha value is -3.73. The summed E-state index contributed by atoms with van der Waals surface area (Å²) in [4.78, 5) is 28.7. The number of para-hydroxylation sites is 1. The molecule has 0 radical (unpaired) electrons.